The van der Waals surface area contributed by atoms with Gasteiger partial charge in [0.25, 0.3) is 0 Å². The van der Waals surface area contributed by atoms with Crippen LogP contribution in [-0.2, 0) is 4.74 Å². The zero-order chi connectivity index (χ0) is 18.9. The minimum Gasteiger partial charge on any atom is -0.444 e. The molecule has 0 radical (unpaired) electrons. The highest BCUT2D eigenvalue weighted by Gasteiger charge is 2.29. The van der Waals surface area contributed by atoms with Crippen molar-refractivity contribution < 1.29 is 9.53 Å². The van der Waals surface area contributed by atoms with Crippen LogP contribution in [0.5, 0.6) is 0 Å². The van der Waals surface area contributed by atoms with Crippen molar-refractivity contribution in [1.29, 1.82) is 0 Å². The van der Waals surface area contributed by atoms with E-state index in [0.717, 1.165) is 42.5 Å². The number of fused-ring (bicyclic) bond motifs is 1. The molecule has 0 N–H and O–H groups in total. The Kier molecular flexibility index (Phi) is 5.18. The third-order valence-electron chi connectivity index (χ3n) is 4.51. The van der Waals surface area contributed by atoms with Crippen LogP contribution in [0.4, 0.5) is 10.6 Å². The number of aromatic nitrogens is 3. The van der Waals surface area contributed by atoms with Gasteiger partial charge < -0.3 is 14.5 Å². The van der Waals surface area contributed by atoms with E-state index in [2.05, 4.69) is 20.1 Å². The number of hydrogen-bond donors (Lipinski definition) is 0. The first kappa shape index (κ1) is 18.6. The van der Waals surface area contributed by atoms with Gasteiger partial charge in [-0.1, -0.05) is 11.6 Å². The summed E-state index contributed by atoms with van der Waals surface area (Å²) in [6, 6.07) is 1.99. The molecule has 0 aliphatic carbocycles. The summed E-state index contributed by atoms with van der Waals surface area (Å²) in [5.41, 5.74) is -0.489. The van der Waals surface area contributed by atoms with Gasteiger partial charge in [-0.05, 0) is 39.7 Å². The average Bonchev–Trinajstić information content (AvgIpc) is 2.60. The Morgan fingerprint density at radius 2 is 1.96 bits per heavy atom. The van der Waals surface area contributed by atoms with Crippen molar-refractivity contribution in [3.63, 3.8) is 0 Å². The van der Waals surface area contributed by atoms with Crippen molar-refractivity contribution >= 4 is 34.3 Å². The van der Waals surface area contributed by atoms with Gasteiger partial charge in [-0.2, -0.15) is 0 Å². The summed E-state index contributed by atoms with van der Waals surface area (Å²) < 4.78 is 5.46. The molecule has 0 bridgehead atoms. The maximum Gasteiger partial charge on any atom is 0.410 e. The van der Waals surface area contributed by atoms with E-state index < -0.39 is 5.60 Å². The molecule has 0 unspecified atom stereocenters. The minimum absolute atomic E-state index is 0.144. The van der Waals surface area contributed by atoms with E-state index >= 15 is 0 Å². The van der Waals surface area contributed by atoms with Gasteiger partial charge in [-0.3, -0.25) is 4.98 Å². The van der Waals surface area contributed by atoms with Crippen molar-refractivity contribution in [3.05, 3.63) is 23.6 Å². The van der Waals surface area contributed by atoms with E-state index in [1.165, 1.54) is 0 Å². The van der Waals surface area contributed by atoms with Crippen molar-refractivity contribution in [1.82, 2.24) is 20.1 Å². The molecule has 2 aromatic heterocycles. The van der Waals surface area contributed by atoms with Crippen molar-refractivity contribution in [3.8, 4) is 0 Å². The van der Waals surface area contributed by atoms with Crippen LogP contribution in [-0.4, -0.2) is 58.0 Å². The molecule has 8 heteroatoms. The normalized spacial score (nSPS) is 16.0. The van der Waals surface area contributed by atoms with Crippen LogP contribution in [0, 0.1) is 0 Å². The number of carbonyl (C=O) groups is 1. The first-order chi connectivity index (χ1) is 12.3. The van der Waals surface area contributed by atoms with E-state index in [4.69, 9.17) is 16.3 Å². The molecular weight excluding hydrogens is 354 g/mol. The molecule has 1 aliphatic heterocycles. The Hall–Kier alpha value is -2.15. The van der Waals surface area contributed by atoms with Crippen LogP contribution in [0.2, 0.25) is 5.15 Å². The fourth-order valence-electron chi connectivity index (χ4n) is 3.13. The molecule has 1 saturated heterocycles. The third-order valence-corrected chi connectivity index (χ3v) is 4.79. The standard InChI is InChI=1S/C18H24ClN5O2/c1-18(2,3)26-17(25)23(4)12-6-9-24(10-7-12)16-14-11-20-8-5-13(14)15(19)21-22-16/h5,8,11-12H,6-7,9-10H2,1-4H3. The molecule has 0 spiro atoms. The number of anilines is 1. The Labute approximate surface area is 158 Å². The summed E-state index contributed by atoms with van der Waals surface area (Å²) in [5.74, 6) is 0.788. The summed E-state index contributed by atoms with van der Waals surface area (Å²) in [6.45, 7) is 7.18. The van der Waals surface area contributed by atoms with Crippen LogP contribution in [0.15, 0.2) is 18.5 Å². The lowest BCUT2D eigenvalue weighted by molar-refractivity contribution is 0.0201. The molecule has 7 nitrogen and oxygen atoms in total. The maximum absolute atomic E-state index is 12.3. The Bertz CT molecular complexity index is 800. The lowest BCUT2D eigenvalue weighted by atomic mass is 10.0. The molecule has 0 saturated carbocycles. The number of rotatable bonds is 2. The van der Waals surface area contributed by atoms with E-state index in [1.54, 1.807) is 24.3 Å². The van der Waals surface area contributed by atoms with Crippen molar-refractivity contribution in [2.45, 2.75) is 45.3 Å². The molecule has 140 valence electrons. The largest absolute Gasteiger partial charge is 0.444 e. The summed E-state index contributed by atoms with van der Waals surface area (Å²) in [6.07, 6.45) is 4.85. The zero-order valence-corrected chi connectivity index (χ0v) is 16.3. The smallest absolute Gasteiger partial charge is 0.410 e. The van der Waals surface area contributed by atoms with Gasteiger partial charge in [-0.25, -0.2) is 4.79 Å². The number of halogens is 1. The maximum atomic E-state index is 12.3. The highest BCUT2D eigenvalue weighted by molar-refractivity contribution is 6.34. The molecule has 1 aliphatic rings. The Balaban J connectivity index is 1.70. The summed E-state index contributed by atoms with van der Waals surface area (Å²) in [7, 11) is 1.80. The van der Waals surface area contributed by atoms with E-state index in [9.17, 15) is 4.79 Å². The Morgan fingerprint density at radius 3 is 2.62 bits per heavy atom. The van der Waals surface area contributed by atoms with Crippen molar-refractivity contribution in [2.24, 2.45) is 0 Å². The number of ether oxygens (including phenoxy) is 1. The topological polar surface area (TPSA) is 71.5 Å². The molecule has 2 aromatic rings. The number of carbonyl (C=O) groups excluding carboxylic acids is 1. The van der Waals surface area contributed by atoms with Crippen LogP contribution in [0.1, 0.15) is 33.6 Å². The molecule has 1 fully saturated rings. The molecule has 3 rings (SSSR count). The summed E-state index contributed by atoms with van der Waals surface area (Å²) in [4.78, 5) is 20.3. The van der Waals surface area contributed by atoms with Gasteiger partial charge in [-0.15, -0.1) is 10.2 Å². The average molecular weight is 378 g/mol. The first-order valence-corrected chi connectivity index (χ1v) is 9.11. The van der Waals surface area contributed by atoms with E-state index in [-0.39, 0.29) is 12.1 Å². The predicted octanol–water partition coefficient (Wildman–Crippen LogP) is 3.51. The van der Waals surface area contributed by atoms with Crippen LogP contribution in [0.3, 0.4) is 0 Å². The van der Waals surface area contributed by atoms with Crippen LogP contribution < -0.4 is 4.90 Å². The van der Waals surface area contributed by atoms with E-state index in [0.29, 0.717) is 5.15 Å². The van der Waals surface area contributed by atoms with Gasteiger partial charge in [0.1, 0.15) is 5.60 Å². The Morgan fingerprint density at radius 1 is 1.27 bits per heavy atom. The zero-order valence-electron chi connectivity index (χ0n) is 15.6. The van der Waals surface area contributed by atoms with Gasteiger partial charge in [0, 0.05) is 49.3 Å². The second kappa shape index (κ2) is 7.23. The fourth-order valence-corrected chi connectivity index (χ4v) is 3.34. The molecular formula is C18H24ClN5O2. The van der Waals surface area contributed by atoms with E-state index in [1.807, 2.05) is 26.8 Å². The molecule has 0 atom stereocenters. The van der Waals surface area contributed by atoms with Crippen molar-refractivity contribution in [2.75, 3.05) is 25.0 Å². The molecule has 0 aromatic carbocycles. The van der Waals surface area contributed by atoms with Gasteiger partial charge in [0.05, 0.1) is 0 Å². The number of hydrogen-bond acceptors (Lipinski definition) is 6. The quantitative estimate of drug-likeness (QED) is 0.797. The second-order valence-corrected chi connectivity index (χ2v) is 7.90. The van der Waals surface area contributed by atoms with Gasteiger partial charge in [0.2, 0.25) is 0 Å². The SMILES string of the molecule is CN(C(=O)OC(C)(C)C)C1CCN(c2nnc(Cl)c3ccncc23)CC1. The molecule has 26 heavy (non-hydrogen) atoms. The monoisotopic (exact) mass is 377 g/mol. The lowest BCUT2D eigenvalue weighted by Crippen LogP contribution is -2.47. The van der Waals surface area contributed by atoms with Gasteiger partial charge in [0.15, 0.2) is 11.0 Å². The first-order valence-electron chi connectivity index (χ1n) is 8.73. The third kappa shape index (κ3) is 3.98. The number of pyridine rings is 1. The number of amides is 1. The number of piperidine rings is 1. The highest BCUT2D eigenvalue weighted by atomic mass is 35.5. The second-order valence-electron chi connectivity index (χ2n) is 7.55. The lowest BCUT2D eigenvalue weighted by Gasteiger charge is -2.37. The van der Waals surface area contributed by atoms with Gasteiger partial charge >= 0.3 is 6.09 Å². The van der Waals surface area contributed by atoms with Crippen LogP contribution in [0.25, 0.3) is 10.8 Å². The highest BCUT2D eigenvalue weighted by Crippen LogP contribution is 2.30. The number of nitrogens with zero attached hydrogens (tertiary/aromatic N) is 5. The fraction of sp³-hybridized carbons (Fsp3) is 0.556. The summed E-state index contributed by atoms with van der Waals surface area (Å²) >= 11 is 6.14. The predicted molar refractivity (Wildman–Crippen MR) is 102 cm³/mol. The minimum atomic E-state index is -0.489. The van der Waals surface area contributed by atoms with Crippen LogP contribution >= 0.6 is 11.6 Å². The summed E-state index contributed by atoms with van der Waals surface area (Å²) in [5, 5.41) is 10.5. The molecule has 1 amide bonds. The molecule has 3 heterocycles.